The Morgan fingerprint density at radius 3 is 2.65 bits per heavy atom. The van der Waals surface area contributed by atoms with E-state index in [1.807, 2.05) is 6.07 Å². The highest BCUT2D eigenvalue weighted by Gasteiger charge is 2.33. The molecule has 0 amide bonds. The molecule has 5 nitrogen and oxygen atoms in total. The quantitative estimate of drug-likeness (QED) is 0.867. The molecule has 0 spiro atoms. The molecule has 5 heteroatoms. The Balaban J connectivity index is 2.16. The summed E-state index contributed by atoms with van der Waals surface area (Å²) in [4.78, 5) is 11.4. The third-order valence-electron chi connectivity index (χ3n) is 4.66. The summed E-state index contributed by atoms with van der Waals surface area (Å²) in [5.41, 5.74) is 4.10. The van der Waals surface area contributed by atoms with E-state index in [1.165, 1.54) is 14.0 Å². The van der Waals surface area contributed by atoms with Gasteiger partial charge in [-0.25, -0.2) is 0 Å². The fourth-order valence-electron chi connectivity index (χ4n) is 3.76. The van der Waals surface area contributed by atoms with E-state index >= 15 is 0 Å². The Morgan fingerprint density at radius 1 is 1.22 bits per heavy atom. The van der Waals surface area contributed by atoms with Gasteiger partial charge in [0.25, 0.3) is 0 Å². The predicted octanol–water partition coefficient (Wildman–Crippen LogP) is 3.22. The van der Waals surface area contributed by atoms with Crippen LogP contribution in [0.3, 0.4) is 0 Å². The average molecular weight is 318 g/mol. The van der Waals surface area contributed by atoms with Crippen LogP contribution in [0.5, 0.6) is 17.2 Å². The van der Waals surface area contributed by atoms with Crippen LogP contribution in [0.25, 0.3) is 5.57 Å². The second kappa shape index (κ2) is 6.14. The monoisotopic (exact) mass is 318 g/mol. The molecule has 0 aromatic heterocycles. The first-order chi connectivity index (χ1) is 11.1. The van der Waals surface area contributed by atoms with Crippen molar-refractivity contribution in [3.8, 4) is 17.2 Å². The molecule has 1 N–H and O–H groups in total. The molecule has 0 aliphatic heterocycles. The smallest absolute Gasteiger partial charge is 0.303 e. The number of methoxy groups -OCH3 is 2. The number of benzene rings is 1. The maximum absolute atomic E-state index is 11.4. The lowest BCUT2D eigenvalue weighted by molar-refractivity contribution is -0.144. The molecule has 1 unspecified atom stereocenters. The first kappa shape index (κ1) is 15.7. The zero-order chi connectivity index (χ0) is 16.6. The Morgan fingerprint density at radius 2 is 2.00 bits per heavy atom. The lowest BCUT2D eigenvalue weighted by Crippen LogP contribution is -2.18. The van der Waals surface area contributed by atoms with E-state index in [0.29, 0.717) is 17.9 Å². The summed E-state index contributed by atoms with van der Waals surface area (Å²) >= 11 is 0. The van der Waals surface area contributed by atoms with Gasteiger partial charge in [0.1, 0.15) is 6.10 Å². The third-order valence-corrected chi connectivity index (χ3v) is 4.66. The van der Waals surface area contributed by atoms with Crippen molar-refractivity contribution in [2.45, 2.75) is 45.1 Å². The van der Waals surface area contributed by atoms with Crippen LogP contribution < -0.4 is 9.47 Å². The van der Waals surface area contributed by atoms with Crippen molar-refractivity contribution in [3.63, 3.8) is 0 Å². The zero-order valence-electron chi connectivity index (χ0n) is 13.8. The van der Waals surface area contributed by atoms with Crippen LogP contribution >= 0.6 is 0 Å². The highest BCUT2D eigenvalue weighted by molar-refractivity contribution is 5.82. The Labute approximate surface area is 135 Å². The molecule has 2 aliphatic carbocycles. The summed E-state index contributed by atoms with van der Waals surface area (Å²) in [6, 6.07) is 1.92. The van der Waals surface area contributed by atoms with Crippen molar-refractivity contribution in [2.24, 2.45) is 0 Å². The number of ether oxygens (including phenoxy) is 3. The number of rotatable bonds is 3. The van der Waals surface area contributed by atoms with Gasteiger partial charge in [-0.2, -0.15) is 0 Å². The van der Waals surface area contributed by atoms with Gasteiger partial charge < -0.3 is 19.3 Å². The number of allylic oxidation sites excluding steroid dienone is 1. The number of fused-ring (bicyclic) bond motifs is 2. The minimum atomic E-state index is -0.265. The molecule has 1 atom stereocenters. The van der Waals surface area contributed by atoms with Gasteiger partial charge in [0.15, 0.2) is 11.5 Å². The second-order valence-electron chi connectivity index (χ2n) is 5.99. The topological polar surface area (TPSA) is 65.0 Å². The maximum atomic E-state index is 11.4. The molecule has 124 valence electrons. The fourth-order valence-corrected chi connectivity index (χ4v) is 3.76. The molecule has 1 aromatic rings. The molecule has 0 fully saturated rings. The molecular formula is C18H22O5. The first-order valence-corrected chi connectivity index (χ1v) is 7.93. The molecule has 1 aromatic carbocycles. The number of hydrogen-bond acceptors (Lipinski definition) is 5. The first-order valence-electron chi connectivity index (χ1n) is 7.93. The van der Waals surface area contributed by atoms with Crippen molar-refractivity contribution < 1.29 is 24.1 Å². The van der Waals surface area contributed by atoms with Gasteiger partial charge in [-0.3, -0.25) is 4.79 Å². The van der Waals surface area contributed by atoms with E-state index < -0.39 is 0 Å². The molecule has 3 rings (SSSR count). The lowest BCUT2D eigenvalue weighted by Gasteiger charge is -2.18. The number of phenolic OH excluding ortho intramolecular Hbond substituents is 1. The standard InChI is InChI=1S/C18H22O5/c1-10(19)23-14-8-7-11-9-15(21-2)18(22-3)17(20)16(11)13-6-4-5-12(13)14/h9,14,20H,4-8H2,1-3H3. The molecule has 0 saturated heterocycles. The number of hydrogen-bond donors (Lipinski definition) is 1. The van der Waals surface area contributed by atoms with E-state index in [9.17, 15) is 9.90 Å². The van der Waals surface area contributed by atoms with Crippen LogP contribution in [0, 0.1) is 0 Å². The minimum Gasteiger partial charge on any atom is -0.504 e. The van der Waals surface area contributed by atoms with Crippen molar-refractivity contribution in [1.82, 2.24) is 0 Å². The molecule has 0 bridgehead atoms. The van der Waals surface area contributed by atoms with Crippen LogP contribution in [0.4, 0.5) is 0 Å². The van der Waals surface area contributed by atoms with E-state index in [4.69, 9.17) is 14.2 Å². The molecule has 0 heterocycles. The van der Waals surface area contributed by atoms with Crippen LogP contribution in [-0.4, -0.2) is 31.4 Å². The molecule has 2 aliphatic rings. The largest absolute Gasteiger partial charge is 0.504 e. The Hall–Kier alpha value is -2.17. The van der Waals surface area contributed by atoms with E-state index in [0.717, 1.165) is 48.0 Å². The second-order valence-corrected chi connectivity index (χ2v) is 5.99. The highest BCUT2D eigenvalue weighted by atomic mass is 16.5. The van der Waals surface area contributed by atoms with Crippen LogP contribution in [0.15, 0.2) is 11.6 Å². The summed E-state index contributed by atoms with van der Waals surface area (Å²) < 4.78 is 16.2. The SMILES string of the molecule is COc1cc2c(c(O)c1OC)C1=C(CCC1)C(OC(C)=O)CC2. The average Bonchev–Trinajstić information content (AvgIpc) is 2.94. The van der Waals surface area contributed by atoms with Crippen LogP contribution in [0.1, 0.15) is 43.7 Å². The van der Waals surface area contributed by atoms with Crippen molar-refractivity contribution in [2.75, 3.05) is 14.2 Å². The zero-order valence-corrected chi connectivity index (χ0v) is 13.8. The van der Waals surface area contributed by atoms with E-state index in [2.05, 4.69) is 0 Å². The van der Waals surface area contributed by atoms with E-state index in [1.54, 1.807) is 7.11 Å². The van der Waals surface area contributed by atoms with E-state index in [-0.39, 0.29) is 17.8 Å². The number of aromatic hydroxyl groups is 1. The maximum Gasteiger partial charge on any atom is 0.303 e. The van der Waals surface area contributed by atoms with Gasteiger partial charge in [-0.15, -0.1) is 0 Å². The molecule has 23 heavy (non-hydrogen) atoms. The summed E-state index contributed by atoms with van der Waals surface area (Å²) in [6.45, 7) is 1.44. The summed E-state index contributed by atoms with van der Waals surface area (Å²) in [7, 11) is 3.08. The Kier molecular flexibility index (Phi) is 4.20. The van der Waals surface area contributed by atoms with Crippen molar-refractivity contribution >= 4 is 11.5 Å². The Bertz CT molecular complexity index is 674. The van der Waals surface area contributed by atoms with Gasteiger partial charge in [-0.05, 0) is 54.9 Å². The number of phenols is 1. The number of carbonyl (C=O) groups excluding carboxylic acids is 1. The van der Waals surface area contributed by atoms with Crippen molar-refractivity contribution in [3.05, 3.63) is 22.8 Å². The minimum absolute atomic E-state index is 0.125. The number of esters is 1. The number of carbonyl (C=O) groups is 1. The molecular weight excluding hydrogens is 296 g/mol. The summed E-state index contributed by atoms with van der Waals surface area (Å²) in [5, 5.41) is 10.7. The van der Waals surface area contributed by atoms with Crippen LogP contribution in [0.2, 0.25) is 0 Å². The van der Waals surface area contributed by atoms with Gasteiger partial charge in [0, 0.05) is 12.5 Å². The van der Waals surface area contributed by atoms with Gasteiger partial charge in [0.2, 0.25) is 5.75 Å². The third kappa shape index (κ3) is 2.64. The summed E-state index contributed by atoms with van der Waals surface area (Å²) in [6.07, 6.45) is 4.03. The normalized spacial score (nSPS) is 19.7. The summed E-state index contributed by atoms with van der Waals surface area (Å²) in [5.74, 6) is 0.740. The molecule has 0 saturated carbocycles. The van der Waals surface area contributed by atoms with Crippen LogP contribution in [-0.2, 0) is 16.0 Å². The van der Waals surface area contributed by atoms with Crippen molar-refractivity contribution in [1.29, 1.82) is 0 Å². The number of aryl methyl sites for hydroxylation is 1. The lowest BCUT2D eigenvalue weighted by atomic mass is 9.95. The van der Waals surface area contributed by atoms with Gasteiger partial charge in [0.05, 0.1) is 14.2 Å². The fraction of sp³-hybridized carbons (Fsp3) is 0.500. The molecule has 0 radical (unpaired) electrons. The highest BCUT2D eigenvalue weighted by Crippen LogP contribution is 2.50. The van der Waals surface area contributed by atoms with Gasteiger partial charge >= 0.3 is 5.97 Å². The predicted molar refractivity (Wildman–Crippen MR) is 85.9 cm³/mol. The van der Waals surface area contributed by atoms with Gasteiger partial charge in [-0.1, -0.05) is 0 Å².